The molecule has 0 aliphatic carbocycles. The lowest BCUT2D eigenvalue weighted by molar-refractivity contribution is -0.137. The predicted octanol–water partition coefficient (Wildman–Crippen LogP) is 1.63. The van der Waals surface area contributed by atoms with Crippen LogP contribution in [0.15, 0.2) is 12.1 Å². The number of carboxylic acid groups (broad SMARTS) is 1. The topological polar surface area (TPSA) is 95.4 Å². The highest BCUT2D eigenvalue weighted by Crippen LogP contribution is 2.06. The summed E-state index contributed by atoms with van der Waals surface area (Å²) in [6, 6.07) is 3.37. The zero-order valence-corrected chi connectivity index (χ0v) is 12.5. The molecule has 0 spiro atoms. The molecule has 0 aliphatic rings. The third-order valence-electron chi connectivity index (χ3n) is 2.91. The number of hydrogen-bond acceptors (Lipinski definition) is 5. The average molecular weight is 294 g/mol. The smallest absolute Gasteiger partial charge is 0.303 e. The number of aromatic nitrogens is 2. The summed E-state index contributed by atoms with van der Waals surface area (Å²) in [4.78, 5) is 23.4. The van der Waals surface area contributed by atoms with Gasteiger partial charge in [-0.15, -0.1) is 10.2 Å². The van der Waals surface area contributed by atoms with Gasteiger partial charge in [-0.25, -0.2) is 0 Å². The molecule has 1 rings (SSSR count). The van der Waals surface area contributed by atoms with E-state index < -0.39 is 5.97 Å². The molecular weight excluding hydrogens is 272 g/mol. The Morgan fingerprint density at radius 3 is 2.43 bits per heavy atom. The van der Waals surface area contributed by atoms with Crippen LogP contribution < -0.4 is 5.32 Å². The number of aliphatic carboxylic acids is 1. The first-order chi connectivity index (χ1) is 10.0. The van der Waals surface area contributed by atoms with Crippen LogP contribution in [0.3, 0.4) is 0 Å². The molecule has 2 N–H and O–H groups in total. The Kier molecular flexibility index (Phi) is 7.14. The van der Waals surface area contributed by atoms with Gasteiger partial charge >= 0.3 is 5.97 Å². The van der Waals surface area contributed by atoms with Gasteiger partial charge < -0.3 is 15.3 Å². The first kappa shape index (κ1) is 16.9. The van der Waals surface area contributed by atoms with Crippen LogP contribution in [-0.2, 0) is 4.79 Å². The molecule has 1 amide bonds. The highest BCUT2D eigenvalue weighted by molar-refractivity contribution is 5.91. The average Bonchev–Trinajstić information content (AvgIpc) is 2.45. The predicted molar refractivity (Wildman–Crippen MR) is 79.3 cm³/mol. The van der Waals surface area contributed by atoms with Gasteiger partial charge in [-0.3, -0.25) is 9.59 Å². The molecule has 1 aromatic rings. The van der Waals surface area contributed by atoms with Crippen LogP contribution in [0.4, 0.5) is 5.82 Å². The number of unbranched alkanes of at least 4 members (excludes halogenated alkanes) is 3. The van der Waals surface area contributed by atoms with E-state index in [1.54, 1.807) is 26.2 Å². The molecule has 1 aromatic heterocycles. The normalized spacial score (nSPS) is 10.2. The van der Waals surface area contributed by atoms with E-state index in [2.05, 4.69) is 15.5 Å². The molecule has 1 heterocycles. The number of anilines is 1. The maximum Gasteiger partial charge on any atom is 0.303 e. The van der Waals surface area contributed by atoms with Gasteiger partial charge in [-0.1, -0.05) is 12.8 Å². The Morgan fingerprint density at radius 1 is 1.14 bits per heavy atom. The van der Waals surface area contributed by atoms with E-state index in [0.29, 0.717) is 11.5 Å². The Labute approximate surface area is 124 Å². The van der Waals surface area contributed by atoms with E-state index in [4.69, 9.17) is 5.11 Å². The molecule has 116 valence electrons. The molecule has 0 saturated carbocycles. The van der Waals surface area contributed by atoms with Crippen LogP contribution in [0.1, 0.15) is 42.6 Å². The van der Waals surface area contributed by atoms with Crippen LogP contribution in [0.25, 0.3) is 0 Å². The minimum atomic E-state index is -0.740. The number of carboxylic acids is 1. The van der Waals surface area contributed by atoms with Gasteiger partial charge in [0.1, 0.15) is 5.82 Å². The Bertz CT molecular complexity index is 460. The van der Waals surface area contributed by atoms with E-state index in [1.807, 2.05) is 0 Å². The Morgan fingerprint density at radius 2 is 1.86 bits per heavy atom. The first-order valence-electron chi connectivity index (χ1n) is 7.01. The third kappa shape index (κ3) is 6.69. The number of carbonyl (C=O) groups is 2. The van der Waals surface area contributed by atoms with Gasteiger partial charge in [0.2, 0.25) is 0 Å². The minimum absolute atomic E-state index is 0.174. The summed E-state index contributed by atoms with van der Waals surface area (Å²) in [6.07, 6.45) is 3.79. The van der Waals surface area contributed by atoms with Crippen LogP contribution in [0.5, 0.6) is 0 Å². The fourth-order valence-electron chi connectivity index (χ4n) is 1.74. The van der Waals surface area contributed by atoms with Crippen molar-refractivity contribution in [2.24, 2.45) is 0 Å². The number of nitrogens with zero attached hydrogens (tertiary/aromatic N) is 3. The molecule has 0 radical (unpaired) electrons. The fraction of sp³-hybridized carbons (Fsp3) is 0.571. The Hall–Kier alpha value is -2.18. The maximum atomic E-state index is 11.6. The van der Waals surface area contributed by atoms with Crippen molar-refractivity contribution in [2.45, 2.75) is 32.1 Å². The van der Waals surface area contributed by atoms with Crippen LogP contribution >= 0.6 is 0 Å². The Balaban J connectivity index is 2.21. The van der Waals surface area contributed by atoms with Crippen molar-refractivity contribution in [2.75, 3.05) is 26.0 Å². The van der Waals surface area contributed by atoms with Crippen molar-refractivity contribution < 1.29 is 14.7 Å². The standard InChI is InChI=1S/C14H22N4O3/c1-18(2)14(21)11-8-9-12(17-16-11)15-10-6-4-3-5-7-13(19)20/h8-9H,3-7,10H2,1-2H3,(H,15,17)(H,19,20). The number of amides is 1. The number of carbonyl (C=O) groups excluding carboxylic acids is 1. The molecule has 21 heavy (non-hydrogen) atoms. The second kappa shape index (κ2) is 8.89. The van der Waals surface area contributed by atoms with Gasteiger partial charge in [0.05, 0.1) is 0 Å². The van der Waals surface area contributed by atoms with E-state index in [1.165, 1.54) is 4.90 Å². The number of hydrogen-bond donors (Lipinski definition) is 2. The molecular formula is C14H22N4O3. The second-order valence-corrected chi connectivity index (χ2v) is 4.99. The lowest BCUT2D eigenvalue weighted by atomic mass is 10.1. The van der Waals surface area contributed by atoms with Crippen molar-refractivity contribution in [1.29, 1.82) is 0 Å². The zero-order chi connectivity index (χ0) is 15.7. The van der Waals surface area contributed by atoms with Crippen LogP contribution in [0.2, 0.25) is 0 Å². The van der Waals surface area contributed by atoms with Gasteiger partial charge in [0.25, 0.3) is 5.91 Å². The summed E-state index contributed by atoms with van der Waals surface area (Å²) in [5.41, 5.74) is 0.319. The highest BCUT2D eigenvalue weighted by atomic mass is 16.4. The monoisotopic (exact) mass is 294 g/mol. The summed E-state index contributed by atoms with van der Waals surface area (Å²) < 4.78 is 0. The molecule has 0 unspecified atom stereocenters. The van der Waals surface area contributed by atoms with Crippen LogP contribution in [-0.4, -0.2) is 52.7 Å². The largest absolute Gasteiger partial charge is 0.481 e. The molecule has 0 aromatic carbocycles. The molecule has 0 aliphatic heterocycles. The molecule has 0 atom stereocenters. The van der Waals surface area contributed by atoms with E-state index in [0.717, 1.165) is 32.2 Å². The van der Waals surface area contributed by atoms with Crippen LogP contribution in [0, 0.1) is 0 Å². The summed E-state index contributed by atoms with van der Waals surface area (Å²) in [7, 11) is 3.33. The van der Waals surface area contributed by atoms with Gasteiger partial charge in [-0.2, -0.15) is 0 Å². The first-order valence-corrected chi connectivity index (χ1v) is 7.01. The summed E-state index contributed by atoms with van der Waals surface area (Å²) in [6.45, 7) is 0.753. The van der Waals surface area contributed by atoms with Gasteiger partial charge in [0.15, 0.2) is 5.69 Å². The van der Waals surface area contributed by atoms with Crippen molar-refractivity contribution in [3.05, 3.63) is 17.8 Å². The summed E-state index contributed by atoms with van der Waals surface area (Å²) in [5, 5.41) is 19.5. The van der Waals surface area contributed by atoms with Gasteiger partial charge in [-0.05, 0) is 25.0 Å². The fourth-order valence-corrected chi connectivity index (χ4v) is 1.74. The quantitative estimate of drug-likeness (QED) is 0.672. The summed E-state index contributed by atoms with van der Waals surface area (Å²) >= 11 is 0. The van der Waals surface area contributed by atoms with Crippen molar-refractivity contribution in [1.82, 2.24) is 15.1 Å². The lowest BCUT2D eigenvalue weighted by Gasteiger charge is -2.09. The van der Waals surface area contributed by atoms with E-state index in [9.17, 15) is 9.59 Å². The SMILES string of the molecule is CN(C)C(=O)c1ccc(NCCCCCCC(=O)O)nn1. The molecule has 7 heteroatoms. The van der Waals surface area contributed by atoms with E-state index in [-0.39, 0.29) is 12.3 Å². The number of nitrogens with one attached hydrogen (secondary N) is 1. The summed E-state index contributed by atoms with van der Waals surface area (Å²) in [5.74, 6) is -0.279. The molecule has 0 fully saturated rings. The highest BCUT2D eigenvalue weighted by Gasteiger charge is 2.09. The second-order valence-electron chi connectivity index (χ2n) is 4.99. The van der Waals surface area contributed by atoms with E-state index >= 15 is 0 Å². The lowest BCUT2D eigenvalue weighted by Crippen LogP contribution is -2.23. The van der Waals surface area contributed by atoms with Gasteiger partial charge in [0, 0.05) is 27.1 Å². The van der Waals surface area contributed by atoms with Crippen molar-refractivity contribution in [3.63, 3.8) is 0 Å². The zero-order valence-electron chi connectivity index (χ0n) is 12.5. The third-order valence-corrected chi connectivity index (χ3v) is 2.91. The molecule has 7 nitrogen and oxygen atoms in total. The number of rotatable bonds is 9. The maximum absolute atomic E-state index is 11.6. The van der Waals surface area contributed by atoms with Crippen molar-refractivity contribution >= 4 is 17.7 Å². The minimum Gasteiger partial charge on any atom is -0.481 e. The molecule has 0 saturated heterocycles. The molecule has 0 bridgehead atoms. The van der Waals surface area contributed by atoms with Crippen molar-refractivity contribution in [3.8, 4) is 0 Å².